The van der Waals surface area contributed by atoms with Crippen LogP contribution in [0.15, 0.2) is 42.5 Å². The fourth-order valence-corrected chi connectivity index (χ4v) is 6.10. The summed E-state index contributed by atoms with van der Waals surface area (Å²) in [5.41, 5.74) is 7.64. The Kier molecular flexibility index (Phi) is 5.88. The van der Waals surface area contributed by atoms with Gasteiger partial charge in [-0.3, -0.25) is 19.1 Å². The average molecular weight is 499 g/mol. The van der Waals surface area contributed by atoms with Crippen molar-refractivity contribution in [1.82, 2.24) is 9.47 Å². The van der Waals surface area contributed by atoms with Crippen molar-refractivity contribution in [3.05, 3.63) is 70.3 Å². The molecular weight excluding hydrogens is 468 g/mol. The molecule has 0 fully saturated rings. The molecule has 0 bridgehead atoms. The van der Waals surface area contributed by atoms with E-state index in [0.29, 0.717) is 24.3 Å². The Labute approximate surface area is 215 Å². The van der Waals surface area contributed by atoms with Gasteiger partial charge < -0.3 is 14.2 Å². The van der Waals surface area contributed by atoms with E-state index >= 15 is 0 Å². The lowest BCUT2D eigenvalue weighted by molar-refractivity contribution is -0.142. The minimum absolute atomic E-state index is 0.0691. The molecule has 0 aliphatic carbocycles. The molecule has 2 aliphatic rings. The van der Waals surface area contributed by atoms with Crippen LogP contribution in [-0.2, 0) is 42.1 Å². The van der Waals surface area contributed by atoms with Gasteiger partial charge in [0.15, 0.2) is 11.5 Å². The van der Waals surface area contributed by atoms with Gasteiger partial charge in [0.1, 0.15) is 6.61 Å². The normalized spacial score (nSPS) is 15.2. The minimum atomic E-state index is -0.306. The van der Waals surface area contributed by atoms with Crippen LogP contribution in [0.5, 0.6) is 11.5 Å². The summed E-state index contributed by atoms with van der Waals surface area (Å²) in [6, 6.07) is 14.4. The van der Waals surface area contributed by atoms with Crippen molar-refractivity contribution < 1.29 is 23.8 Å². The van der Waals surface area contributed by atoms with Crippen LogP contribution in [0.3, 0.4) is 0 Å². The fraction of sp³-hybridized carbons (Fsp3) is 0.333. The highest BCUT2D eigenvalue weighted by atomic mass is 16.5. The number of carbonyl (C=O) groups excluding carboxylic acids is 2. The first-order valence-electron chi connectivity index (χ1n) is 12.7. The van der Waals surface area contributed by atoms with Gasteiger partial charge in [-0.1, -0.05) is 30.3 Å². The maximum Gasteiger partial charge on any atom is 0.302 e. The maximum atomic E-state index is 13.3. The quantitative estimate of drug-likeness (QED) is 0.348. The van der Waals surface area contributed by atoms with Gasteiger partial charge in [-0.2, -0.15) is 0 Å². The number of esters is 1. The summed E-state index contributed by atoms with van der Waals surface area (Å²) in [5.74, 6) is 0.998. The number of aryl methyl sites for hydroxylation is 1. The molecule has 37 heavy (non-hydrogen) atoms. The Hall–Kier alpha value is -3.84. The van der Waals surface area contributed by atoms with Gasteiger partial charge in [0.2, 0.25) is 5.91 Å². The lowest BCUT2D eigenvalue weighted by Gasteiger charge is -2.33. The van der Waals surface area contributed by atoms with Crippen molar-refractivity contribution in [2.75, 3.05) is 20.8 Å². The molecule has 3 heterocycles. The van der Waals surface area contributed by atoms with Crippen LogP contribution in [-0.4, -0.2) is 42.1 Å². The molecule has 4 aromatic rings. The second kappa shape index (κ2) is 9.23. The van der Waals surface area contributed by atoms with E-state index in [-0.39, 0.29) is 18.5 Å². The van der Waals surface area contributed by atoms with Gasteiger partial charge in [-0.05, 0) is 46.7 Å². The molecule has 7 nitrogen and oxygen atoms in total. The SMILES string of the molecule is COc1cc2c3c4c(c(COC(C)=O)c5c3n(c2cc1OC)C(=O)CC5)CN(Cc1ccccc1)CC4. The number of hydrogen-bond acceptors (Lipinski definition) is 6. The number of ether oxygens (including phenoxy) is 3. The molecule has 0 atom stereocenters. The highest BCUT2D eigenvalue weighted by Crippen LogP contribution is 2.45. The van der Waals surface area contributed by atoms with E-state index in [4.69, 9.17) is 14.2 Å². The zero-order valence-corrected chi connectivity index (χ0v) is 21.4. The van der Waals surface area contributed by atoms with Gasteiger partial charge in [-0.15, -0.1) is 0 Å². The van der Waals surface area contributed by atoms with E-state index in [9.17, 15) is 9.59 Å². The summed E-state index contributed by atoms with van der Waals surface area (Å²) in [5, 5.41) is 2.11. The topological polar surface area (TPSA) is 70.0 Å². The third kappa shape index (κ3) is 3.85. The molecule has 0 unspecified atom stereocenters. The molecule has 0 N–H and O–H groups in total. The lowest BCUT2D eigenvalue weighted by Crippen LogP contribution is -2.32. The van der Waals surface area contributed by atoms with Crippen LogP contribution >= 0.6 is 0 Å². The van der Waals surface area contributed by atoms with Crippen LogP contribution in [0.25, 0.3) is 21.8 Å². The van der Waals surface area contributed by atoms with Crippen LogP contribution in [0.1, 0.15) is 46.0 Å². The van der Waals surface area contributed by atoms with Crippen LogP contribution in [0, 0.1) is 0 Å². The molecule has 1 aromatic heterocycles. The zero-order chi connectivity index (χ0) is 25.7. The molecule has 0 saturated carbocycles. The van der Waals surface area contributed by atoms with Gasteiger partial charge in [0.05, 0.1) is 25.3 Å². The fourth-order valence-electron chi connectivity index (χ4n) is 6.10. The number of methoxy groups -OCH3 is 2. The van der Waals surface area contributed by atoms with Crippen molar-refractivity contribution >= 4 is 33.7 Å². The number of benzene rings is 3. The molecule has 2 aliphatic heterocycles. The van der Waals surface area contributed by atoms with E-state index in [1.807, 2.05) is 22.8 Å². The molecule has 190 valence electrons. The average Bonchev–Trinajstić information content (AvgIpc) is 3.24. The number of fused-ring (bicyclic) bond motifs is 5. The monoisotopic (exact) mass is 498 g/mol. The van der Waals surface area contributed by atoms with Gasteiger partial charge >= 0.3 is 5.97 Å². The predicted molar refractivity (Wildman–Crippen MR) is 141 cm³/mol. The molecule has 0 amide bonds. The summed E-state index contributed by atoms with van der Waals surface area (Å²) in [7, 11) is 3.24. The van der Waals surface area contributed by atoms with E-state index in [1.54, 1.807) is 14.2 Å². The zero-order valence-electron chi connectivity index (χ0n) is 21.4. The van der Waals surface area contributed by atoms with Crippen molar-refractivity contribution in [3.63, 3.8) is 0 Å². The first-order chi connectivity index (χ1) is 18.0. The Morgan fingerprint density at radius 3 is 2.43 bits per heavy atom. The second-order valence-electron chi connectivity index (χ2n) is 9.82. The Bertz CT molecular complexity index is 1550. The first-order valence-corrected chi connectivity index (χ1v) is 12.7. The van der Waals surface area contributed by atoms with Crippen molar-refractivity contribution in [2.24, 2.45) is 0 Å². The first kappa shape index (κ1) is 23.6. The summed E-state index contributed by atoms with van der Waals surface area (Å²) in [6.07, 6.45) is 1.87. The second-order valence-corrected chi connectivity index (χ2v) is 9.82. The Morgan fingerprint density at radius 2 is 1.70 bits per heavy atom. The number of aromatic nitrogens is 1. The molecule has 7 heteroatoms. The van der Waals surface area contributed by atoms with Crippen LogP contribution in [0.4, 0.5) is 0 Å². The Morgan fingerprint density at radius 1 is 0.946 bits per heavy atom. The summed E-state index contributed by atoms with van der Waals surface area (Å²) in [6.45, 7) is 4.17. The number of rotatable bonds is 6. The predicted octanol–water partition coefficient (Wildman–Crippen LogP) is 5.02. The largest absolute Gasteiger partial charge is 0.493 e. The van der Waals surface area contributed by atoms with Crippen LogP contribution < -0.4 is 9.47 Å². The third-order valence-corrected chi connectivity index (χ3v) is 7.72. The van der Waals surface area contributed by atoms with Crippen LogP contribution in [0.2, 0.25) is 0 Å². The molecule has 0 radical (unpaired) electrons. The molecule has 0 spiro atoms. The maximum absolute atomic E-state index is 13.3. The summed E-state index contributed by atoms with van der Waals surface area (Å²) >= 11 is 0. The van der Waals surface area contributed by atoms with Gasteiger partial charge in [0, 0.05) is 49.8 Å². The minimum Gasteiger partial charge on any atom is -0.493 e. The number of nitrogens with zero attached hydrogens (tertiary/aromatic N) is 2. The molecule has 3 aromatic carbocycles. The smallest absolute Gasteiger partial charge is 0.302 e. The number of hydrogen-bond donors (Lipinski definition) is 0. The van der Waals surface area contributed by atoms with Crippen molar-refractivity contribution in [1.29, 1.82) is 0 Å². The van der Waals surface area contributed by atoms with Gasteiger partial charge in [-0.25, -0.2) is 0 Å². The molecule has 0 saturated heterocycles. The van der Waals surface area contributed by atoms with E-state index in [2.05, 4.69) is 29.2 Å². The molecular formula is C30H30N2O5. The highest BCUT2D eigenvalue weighted by Gasteiger charge is 2.33. The van der Waals surface area contributed by atoms with E-state index < -0.39 is 0 Å². The van der Waals surface area contributed by atoms with E-state index in [0.717, 1.165) is 59.0 Å². The standard InChI is InChI=1S/C30H30N2O5/c1-18(33)37-17-24-21-9-10-28(34)32-25-14-27(36-3)26(35-2)13-22(25)29(30(21)32)20-11-12-31(16-23(20)24)15-19-7-5-4-6-8-19/h4-8,13-14H,9-12,15-17H2,1-3H3. The Balaban J connectivity index is 1.61. The molecule has 6 rings (SSSR count). The van der Waals surface area contributed by atoms with Crippen molar-refractivity contribution in [2.45, 2.75) is 45.9 Å². The van der Waals surface area contributed by atoms with Gasteiger partial charge in [0.25, 0.3) is 0 Å². The highest BCUT2D eigenvalue weighted by molar-refractivity contribution is 6.18. The summed E-state index contributed by atoms with van der Waals surface area (Å²) < 4.78 is 18.7. The third-order valence-electron chi connectivity index (χ3n) is 7.72. The lowest BCUT2D eigenvalue weighted by atomic mass is 9.85. The summed E-state index contributed by atoms with van der Waals surface area (Å²) in [4.78, 5) is 27.6. The van der Waals surface area contributed by atoms with Crippen molar-refractivity contribution in [3.8, 4) is 11.5 Å². The van der Waals surface area contributed by atoms with E-state index in [1.165, 1.54) is 23.6 Å². The number of carbonyl (C=O) groups is 2.